The van der Waals surface area contributed by atoms with Crippen molar-refractivity contribution in [1.29, 1.82) is 0 Å². The van der Waals surface area contributed by atoms with Crippen LogP contribution in [-0.4, -0.2) is 42.9 Å². The van der Waals surface area contributed by atoms with Crippen LogP contribution in [0.1, 0.15) is 23.2 Å². The number of carbonyl (C=O) groups is 2. The number of carbonyl (C=O) groups excluding carboxylic acids is 1. The number of amides is 1. The molecule has 104 valence electrons. The summed E-state index contributed by atoms with van der Waals surface area (Å²) < 4.78 is 22.2. The molecule has 1 fully saturated rings. The number of rotatable bonds is 3. The first-order chi connectivity index (χ1) is 8.80. The first kappa shape index (κ1) is 14.0. The number of hydrogen-bond acceptors (Lipinski definition) is 5. The van der Waals surface area contributed by atoms with Crippen molar-refractivity contribution in [3.05, 3.63) is 17.0 Å². The quantitative estimate of drug-likeness (QED) is 0.820. The molecule has 1 atom stereocenters. The zero-order valence-corrected chi connectivity index (χ0v) is 11.4. The number of nitrogens with zero attached hydrogens (tertiary/aromatic N) is 1. The van der Waals surface area contributed by atoms with Crippen molar-refractivity contribution in [2.24, 2.45) is 5.14 Å². The molecular formula is C10H12N2O5S2. The van der Waals surface area contributed by atoms with Gasteiger partial charge in [0.2, 0.25) is 10.0 Å². The number of thiophene rings is 1. The molecule has 3 N–H and O–H groups in total. The summed E-state index contributed by atoms with van der Waals surface area (Å²) in [5.41, 5.74) is 0.155. The maximum absolute atomic E-state index is 12.1. The second-order valence-corrected chi connectivity index (χ2v) is 6.89. The summed E-state index contributed by atoms with van der Waals surface area (Å²) in [5, 5.41) is 15.3. The van der Waals surface area contributed by atoms with Crippen LogP contribution >= 0.6 is 11.3 Å². The maximum atomic E-state index is 12.1. The van der Waals surface area contributed by atoms with Crippen LogP contribution in [0, 0.1) is 0 Å². The van der Waals surface area contributed by atoms with Gasteiger partial charge in [0.25, 0.3) is 5.91 Å². The van der Waals surface area contributed by atoms with Gasteiger partial charge in [-0.15, -0.1) is 11.3 Å². The molecule has 1 amide bonds. The SMILES string of the molecule is NS(=O)(=O)c1cc(C(=O)N2CCCC2C(=O)O)cs1. The Kier molecular flexibility index (Phi) is 3.61. The number of primary sulfonamides is 1. The van der Waals surface area contributed by atoms with E-state index in [2.05, 4.69) is 0 Å². The zero-order valence-electron chi connectivity index (χ0n) is 9.77. The van der Waals surface area contributed by atoms with Crippen LogP contribution in [0.25, 0.3) is 0 Å². The molecule has 7 nitrogen and oxygen atoms in total. The zero-order chi connectivity index (χ0) is 14.2. The molecule has 2 heterocycles. The normalized spacial score (nSPS) is 19.6. The third-order valence-electron chi connectivity index (χ3n) is 2.90. The Morgan fingerprint density at radius 1 is 1.47 bits per heavy atom. The van der Waals surface area contributed by atoms with Crippen molar-refractivity contribution >= 4 is 33.2 Å². The van der Waals surface area contributed by atoms with E-state index in [0.29, 0.717) is 19.4 Å². The standard InChI is InChI=1S/C10H12N2O5S2/c11-19(16,17)8-4-6(5-18-8)9(13)12-3-1-2-7(12)10(14)15/h4-5,7H,1-3H2,(H,14,15)(H2,11,16,17). The average Bonchev–Trinajstić information content (AvgIpc) is 2.96. The Balaban J connectivity index is 2.25. The van der Waals surface area contributed by atoms with Crippen molar-refractivity contribution < 1.29 is 23.1 Å². The number of likely N-dealkylation sites (tertiary alicyclic amines) is 1. The van der Waals surface area contributed by atoms with Crippen molar-refractivity contribution in [2.45, 2.75) is 23.1 Å². The lowest BCUT2D eigenvalue weighted by Crippen LogP contribution is -2.40. The monoisotopic (exact) mass is 304 g/mol. The maximum Gasteiger partial charge on any atom is 0.326 e. The van der Waals surface area contributed by atoms with Gasteiger partial charge >= 0.3 is 5.97 Å². The molecule has 0 radical (unpaired) electrons. The van der Waals surface area contributed by atoms with E-state index in [1.54, 1.807) is 0 Å². The average molecular weight is 304 g/mol. The second-order valence-electron chi connectivity index (χ2n) is 4.19. The molecule has 9 heteroatoms. The Hall–Kier alpha value is -1.45. The Labute approximate surface area is 113 Å². The minimum Gasteiger partial charge on any atom is -0.480 e. The van der Waals surface area contributed by atoms with Gasteiger partial charge in [-0.2, -0.15) is 0 Å². The number of carboxylic acids is 1. The summed E-state index contributed by atoms with van der Waals surface area (Å²) in [6.45, 7) is 0.357. The van der Waals surface area contributed by atoms with Crippen molar-refractivity contribution in [1.82, 2.24) is 4.90 Å². The van der Waals surface area contributed by atoms with Crippen molar-refractivity contribution in [3.63, 3.8) is 0 Å². The number of carboxylic acid groups (broad SMARTS) is 1. The van der Waals surface area contributed by atoms with E-state index >= 15 is 0 Å². The summed E-state index contributed by atoms with van der Waals surface area (Å²) in [6.07, 6.45) is 1.03. The van der Waals surface area contributed by atoms with E-state index in [1.807, 2.05) is 0 Å². The van der Waals surface area contributed by atoms with Gasteiger partial charge in [-0.1, -0.05) is 0 Å². The molecule has 0 aliphatic carbocycles. The molecule has 2 rings (SSSR count). The van der Waals surface area contributed by atoms with Crippen molar-refractivity contribution in [3.8, 4) is 0 Å². The molecule has 1 aromatic heterocycles. The summed E-state index contributed by atoms with van der Waals surface area (Å²) in [6, 6.07) is 0.338. The molecule has 1 aliphatic rings. The highest BCUT2D eigenvalue weighted by molar-refractivity contribution is 7.91. The first-order valence-electron chi connectivity index (χ1n) is 5.46. The number of sulfonamides is 1. The highest BCUT2D eigenvalue weighted by atomic mass is 32.2. The van der Waals surface area contributed by atoms with E-state index in [-0.39, 0.29) is 9.77 Å². The van der Waals surface area contributed by atoms with Gasteiger partial charge in [0.15, 0.2) is 0 Å². The second kappa shape index (κ2) is 4.91. The van der Waals surface area contributed by atoms with Crippen LogP contribution in [0.3, 0.4) is 0 Å². The summed E-state index contributed by atoms with van der Waals surface area (Å²) in [5.74, 6) is -1.52. The van der Waals surface area contributed by atoms with Crippen LogP contribution in [0.2, 0.25) is 0 Å². The van der Waals surface area contributed by atoms with Gasteiger partial charge in [0, 0.05) is 11.9 Å². The van der Waals surface area contributed by atoms with E-state index in [0.717, 1.165) is 11.3 Å². The highest BCUT2D eigenvalue weighted by Gasteiger charge is 2.34. The summed E-state index contributed by atoms with van der Waals surface area (Å²) in [4.78, 5) is 24.4. The van der Waals surface area contributed by atoms with Gasteiger partial charge in [-0.3, -0.25) is 4.79 Å². The van der Waals surface area contributed by atoms with E-state index in [9.17, 15) is 18.0 Å². The molecular weight excluding hydrogens is 292 g/mol. The van der Waals surface area contributed by atoms with Crippen molar-refractivity contribution in [2.75, 3.05) is 6.54 Å². The van der Waals surface area contributed by atoms with Crippen LogP contribution in [0.15, 0.2) is 15.7 Å². The van der Waals surface area contributed by atoms with Gasteiger partial charge < -0.3 is 10.0 Å². The van der Waals surface area contributed by atoms with Crippen LogP contribution in [0.5, 0.6) is 0 Å². The molecule has 0 bridgehead atoms. The molecule has 1 saturated heterocycles. The number of hydrogen-bond donors (Lipinski definition) is 2. The molecule has 0 saturated carbocycles. The lowest BCUT2D eigenvalue weighted by Gasteiger charge is -2.20. The van der Waals surface area contributed by atoms with Gasteiger partial charge in [-0.05, 0) is 18.9 Å². The fourth-order valence-electron chi connectivity index (χ4n) is 2.01. The summed E-state index contributed by atoms with van der Waals surface area (Å²) in [7, 11) is -3.84. The van der Waals surface area contributed by atoms with Crippen LogP contribution < -0.4 is 5.14 Å². The fourth-order valence-corrected chi connectivity index (χ4v) is 3.59. The topological polar surface area (TPSA) is 118 Å². The molecule has 1 aliphatic heterocycles. The molecule has 1 aromatic rings. The lowest BCUT2D eigenvalue weighted by molar-refractivity contribution is -0.141. The Morgan fingerprint density at radius 3 is 2.68 bits per heavy atom. The molecule has 1 unspecified atom stereocenters. The van der Waals surface area contributed by atoms with E-state index in [4.69, 9.17) is 10.2 Å². The largest absolute Gasteiger partial charge is 0.480 e. The number of nitrogens with two attached hydrogens (primary N) is 1. The predicted molar refractivity (Wildman–Crippen MR) is 67.4 cm³/mol. The van der Waals surface area contributed by atoms with Crippen LogP contribution in [0.4, 0.5) is 0 Å². The number of aliphatic carboxylic acids is 1. The first-order valence-corrected chi connectivity index (χ1v) is 7.88. The lowest BCUT2D eigenvalue weighted by atomic mass is 10.2. The van der Waals surface area contributed by atoms with Gasteiger partial charge in [0.1, 0.15) is 10.3 Å². The minimum atomic E-state index is -3.84. The predicted octanol–water partition coefficient (Wildman–Crippen LogP) is 0.0847. The van der Waals surface area contributed by atoms with Gasteiger partial charge in [0.05, 0.1) is 5.56 Å². The fraction of sp³-hybridized carbons (Fsp3) is 0.400. The smallest absolute Gasteiger partial charge is 0.326 e. The van der Waals surface area contributed by atoms with Gasteiger partial charge in [-0.25, -0.2) is 18.4 Å². The minimum absolute atomic E-state index is 0.109. The third-order valence-corrected chi connectivity index (χ3v) is 5.29. The Morgan fingerprint density at radius 2 is 2.16 bits per heavy atom. The molecule has 19 heavy (non-hydrogen) atoms. The van der Waals surface area contributed by atoms with Crippen LogP contribution in [-0.2, 0) is 14.8 Å². The van der Waals surface area contributed by atoms with E-state index in [1.165, 1.54) is 16.3 Å². The third kappa shape index (κ3) is 2.77. The van der Waals surface area contributed by atoms with E-state index < -0.39 is 27.9 Å². The highest BCUT2D eigenvalue weighted by Crippen LogP contribution is 2.24. The Bertz CT molecular complexity index is 622. The summed E-state index contributed by atoms with van der Waals surface area (Å²) >= 11 is 0.845. The molecule has 0 aromatic carbocycles. The molecule has 0 spiro atoms.